The third kappa shape index (κ3) is 4.21. The molecule has 1 heterocycles. The lowest BCUT2D eigenvalue weighted by molar-refractivity contribution is -0.151. The molecule has 0 bridgehead atoms. The van der Waals surface area contributed by atoms with Gasteiger partial charge in [-0.1, -0.05) is 20.8 Å². The summed E-state index contributed by atoms with van der Waals surface area (Å²) in [4.78, 5) is 36.9. The lowest BCUT2D eigenvalue weighted by Gasteiger charge is -2.23. The lowest BCUT2D eigenvalue weighted by atomic mass is 9.96. The van der Waals surface area contributed by atoms with Gasteiger partial charge in [0.2, 0.25) is 11.8 Å². The molecule has 114 valence electrons. The van der Waals surface area contributed by atoms with Gasteiger partial charge in [-0.2, -0.15) is 0 Å². The van der Waals surface area contributed by atoms with E-state index in [1.54, 1.807) is 4.90 Å². The molecule has 1 atom stereocenters. The Morgan fingerprint density at radius 1 is 1.30 bits per heavy atom. The van der Waals surface area contributed by atoms with Crippen LogP contribution in [0.3, 0.4) is 0 Å². The quantitative estimate of drug-likeness (QED) is 0.771. The van der Waals surface area contributed by atoms with Crippen molar-refractivity contribution in [3.05, 3.63) is 0 Å². The first-order valence-corrected chi connectivity index (χ1v) is 6.93. The minimum absolute atomic E-state index is 0.0868. The Morgan fingerprint density at radius 3 is 2.50 bits per heavy atom. The number of hydrogen-bond donors (Lipinski definition) is 1. The average Bonchev–Trinajstić information content (AvgIpc) is 2.85. The SMILES string of the molecule is COC(=O)C1CCCN1C(=O)CCNC(=O)C(C)(C)C. The van der Waals surface area contributed by atoms with Crippen molar-refractivity contribution >= 4 is 17.8 Å². The van der Waals surface area contributed by atoms with Gasteiger partial charge in [0, 0.05) is 24.9 Å². The molecule has 1 fully saturated rings. The number of esters is 1. The number of carbonyl (C=O) groups excluding carboxylic acids is 3. The molecular formula is C14H24N2O4. The van der Waals surface area contributed by atoms with E-state index in [1.165, 1.54) is 7.11 Å². The number of nitrogens with zero attached hydrogens (tertiary/aromatic N) is 1. The van der Waals surface area contributed by atoms with Crippen LogP contribution in [0.5, 0.6) is 0 Å². The molecule has 1 saturated heterocycles. The van der Waals surface area contributed by atoms with Crippen LogP contribution in [-0.2, 0) is 19.1 Å². The molecule has 0 aromatic carbocycles. The Morgan fingerprint density at radius 2 is 1.95 bits per heavy atom. The number of ether oxygens (including phenoxy) is 1. The van der Waals surface area contributed by atoms with Gasteiger partial charge in [-0.25, -0.2) is 4.79 Å². The predicted octanol–water partition coefficient (Wildman–Crippen LogP) is 0.703. The summed E-state index contributed by atoms with van der Waals surface area (Å²) in [6.07, 6.45) is 1.65. The standard InChI is InChI=1S/C14H24N2O4/c1-14(2,3)13(19)15-8-7-11(17)16-9-5-6-10(16)12(18)20-4/h10H,5-9H2,1-4H3,(H,15,19). The highest BCUT2D eigenvalue weighted by atomic mass is 16.5. The van der Waals surface area contributed by atoms with E-state index in [9.17, 15) is 14.4 Å². The molecule has 2 amide bonds. The second-order valence-electron chi connectivity index (χ2n) is 6.02. The van der Waals surface area contributed by atoms with E-state index < -0.39 is 11.5 Å². The average molecular weight is 284 g/mol. The summed E-state index contributed by atoms with van der Waals surface area (Å²) in [5.74, 6) is -0.571. The van der Waals surface area contributed by atoms with Gasteiger partial charge in [-0.3, -0.25) is 9.59 Å². The number of methoxy groups -OCH3 is 1. The number of carbonyl (C=O) groups is 3. The number of hydrogen-bond acceptors (Lipinski definition) is 4. The van der Waals surface area contributed by atoms with Crippen LogP contribution < -0.4 is 5.32 Å². The minimum Gasteiger partial charge on any atom is -0.467 e. The third-order valence-electron chi connectivity index (χ3n) is 3.35. The van der Waals surface area contributed by atoms with Crippen LogP contribution >= 0.6 is 0 Å². The summed E-state index contributed by atoms with van der Waals surface area (Å²) in [7, 11) is 1.33. The Kier molecular flexibility index (Phi) is 5.53. The normalized spacial score (nSPS) is 18.8. The molecule has 0 saturated carbocycles. The van der Waals surface area contributed by atoms with Crippen molar-refractivity contribution in [2.75, 3.05) is 20.2 Å². The third-order valence-corrected chi connectivity index (χ3v) is 3.35. The Bertz CT molecular complexity index is 387. The summed E-state index contributed by atoms with van der Waals surface area (Å²) in [5.41, 5.74) is -0.467. The van der Waals surface area contributed by atoms with Crippen LogP contribution in [-0.4, -0.2) is 48.9 Å². The predicted molar refractivity (Wildman–Crippen MR) is 73.8 cm³/mol. The maximum atomic E-state index is 12.1. The fraction of sp³-hybridized carbons (Fsp3) is 0.786. The topological polar surface area (TPSA) is 75.7 Å². The zero-order valence-corrected chi connectivity index (χ0v) is 12.7. The second kappa shape index (κ2) is 6.72. The number of amides is 2. The molecule has 0 radical (unpaired) electrons. The lowest BCUT2D eigenvalue weighted by Crippen LogP contribution is -2.43. The van der Waals surface area contributed by atoms with E-state index in [0.29, 0.717) is 19.5 Å². The van der Waals surface area contributed by atoms with Crippen molar-refractivity contribution in [1.82, 2.24) is 10.2 Å². The molecule has 0 aromatic heterocycles. The monoisotopic (exact) mass is 284 g/mol. The number of rotatable bonds is 4. The fourth-order valence-electron chi connectivity index (χ4n) is 2.14. The largest absolute Gasteiger partial charge is 0.467 e. The summed E-state index contributed by atoms with van der Waals surface area (Å²) in [6, 6.07) is -0.467. The summed E-state index contributed by atoms with van der Waals surface area (Å²) in [6.45, 7) is 6.32. The maximum Gasteiger partial charge on any atom is 0.328 e. The zero-order chi connectivity index (χ0) is 15.3. The van der Waals surface area contributed by atoms with Gasteiger partial charge in [0.1, 0.15) is 6.04 Å². The van der Waals surface area contributed by atoms with Crippen molar-refractivity contribution in [2.24, 2.45) is 5.41 Å². The molecular weight excluding hydrogens is 260 g/mol. The van der Waals surface area contributed by atoms with E-state index in [1.807, 2.05) is 20.8 Å². The van der Waals surface area contributed by atoms with Crippen molar-refractivity contribution in [1.29, 1.82) is 0 Å². The van der Waals surface area contributed by atoms with E-state index in [0.717, 1.165) is 6.42 Å². The van der Waals surface area contributed by atoms with Crippen molar-refractivity contribution in [2.45, 2.75) is 46.1 Å². The van der Waals surface area contributed by atoms with Crippen LogP contribution in [0.1, 0.15) is 40.0 Å². The molecule has 1 aliphatic rings. The van der Waals surface area contributed by atoms with Crippen LogP contribution in [0.2, 0.25) is 0 Å². The highest BCUT2D eigenvalue weighted by Gasteiger charge is 2.34. The van der Waals surface area contributed by atoms with Gasteiger partial charge < -0.3 is 15.0 Å². The van der Waals surface area contributed by atoms with E-state index >= 15 is 0 Å². The maximum absolute atomic E-state index is 12.1. The van der Waals surface area contributed by atoms with Gasteiger partial charge in [0.15, 0.2) is 0 Å². The van der Waals surface area contributed by atoms with Crippen LogP contribution in [0, 0.1) is 5.41 Å². The van der Waals surface area contributed by atoms with Crippen molar-refractivity contribution in [3.63, 3.8) is 0 Å². The summed E-state index contributed by atoms with van der Waals surface area (Å²) >= 11 is 0. The van der Waals surface area contributed by atoms with E-state index in [-0.39, 0.29) is 24.2 Å². The van der Waals surface area contributed by atoms with Gasteiger partial charge in [-0.15, -0.1) is 0 Å². The van der Waals surface area contributed by atoms with E-state index in [2.05, 4.69) is 5.32 Å². The van der Waals surface area contributed by atoms with E-state index in [4.69, 9.17) is 4.74 Å². The van der Waals surface area contributed by atoms with Gasteiger partial charge in [0.25, 0.3) is 0 Å². The number of nitrogens with one attached hydrogen (secondary N) is 1. The Balaban J connectivity index is 2.43. The van der Waals surface area contributed by atoms with Crippen LogP contribution in [0.15, 0.2) is 0 Å². The molecule has 6 heteroatoms. The molecule has 1 unspecified atom stereocenters. The summed E-state index contributed by atoms with van der Waals surface area (Å²) in [5, 5.41) is 2.73. The molecule has 0 aromatic rings. The highest BCUT2D eigenvalue weighted by molar-refractivity contribution is 5.86. The smallest absolute Gasteiger partial charge is 0.328 e. The first-order chi connectivity index (χ1) is 9.27. The molecule has 20 heavy (non-hydrogen) atoms. The van der Waals surface area contributed by atoms with Crippen LogP contribution in [0.25, 0.3) is 0 Å². The Hall–Kier alpha value is -1.59. The molecule has 6 nitrogen and oxygen atoms in total. The molecule has 1 rings (SSSR count). The highest BCUT2D eigenvalue weighted by Crippen LogP contribution is 2.19. The van der Waals surface area contributed by atoms with Gasteiger partial charge >= 0.3 is 5.97 Å². The number of likely N-dealkylation sites (tertiary alicyclic amines) is 1. The van der Waals surface area contributed by atoms with Gasteiger partial charge in [0.05, 0.1) is 7.11 Å². The first kappa shape index (κ1) is 16.5. The van der Waals surface area contributed by atoms with Crippen molar-refractivity contribution < 1.29 is 19.1 Å². The van der Waals surface area contributed by atoms with Crippen LogP contribution in [0.4, 0.5) is 0 Å². The Labute approximate surface area is 119 Å². The van der Waals surface area contributed by atoms with Crippen molar-refractivity contribution in [3.8, 4) is 0 Å². The fourth-order valence-corrected chi connectivity index (χ4v) is 2.14. The molecule has 0 aliphatic carbocycles. The molecule has 1 N–H and O–H groups in total. The molecule has 0 spiro atoms. The minimum atomic E-state index is -0.467. The zero-order valence-electron chi connectivity index (χ0n) is 12.7. The van der Waals surface area contributed by atoms with Gasteiger partial charge in [-0.05, 0) is 12.8 Å². The second-order valence-corrected chi connectivity index (χ2v) is 6.02. The summed E-state index contributed by atoms with van der Waals surface area (Å²) < 4.78 is 4.70. The first-order valence-electron chi connectivity index (χ1n) is 6.93. The molecule has 1 aliphatic heterocycles.